The Labute approximate surface area is 187 Å². The van der Waals surface area contributed by atoms with Crippen molar-refractivity contribution in [3.05, 3.63) is 45.7 Å². The van der Waals surface area contributed by atoms with Crippen molar-refractivity contribution in [3.8, 4) is 11.5 Å². The van der Waals surface area contributed by atoms with Gasteiger partial charge in [0, 0.05) is 35.9 Å². The Morgan fingerprint density at radius 1 is 1.13 bits per heavy atom. The van der Waals surface area contributed by atoms with Gasteiger partial charge in [-0.25, -0.2) is 8.42 Å². The van der Waals surface area contributed by atoms with Gasteiger partial charge in [-0.05, 0) is 44.5 Å². The summed E-state index contributed by atoms with van der Waals surface area (Å²) in [6.45, 7) is 6.73. The number of amides is 1. The second-order valence-corrected chi connectivity index (χ2v) is 10.6. The quantitative estimate of drug-likeness (QED) is 0.628. The Bertz CT molecular complexity index is 1070. The summed E-state index contributed by atoms with van der Waals surface area (Å²) in [6, 6.07) is 7.23. The third-order valence-electron chi connectivity index (χ3n) is 5.10. The maximum absolute atomic E-state index is 12.9. The number of ether oxygens (including phenoxy) is 2. The number of rotatable bonds is 7. The van der Waals surface area contributed by atoms with Crippen LogP contribution in [0.25, 0.3) is 6.08 Å². The first kappa shape index (κ1) is 23.3. The van der Waals surface area contributed by atoms with E-state index in [2.05, 4.69) is 0 Å². The number of hydrogen-bond donors (Lipinski definition) is 0. The van der Waals surface area contributed by atoms with E-state index in [4.69, 9.17) is 9.47 Å². The summed E-state index contributed by atoms with van der Waals surface area (Å²) >= 11 is 1.48. The molecular formula is C22H28N2O5S2. The van der Waals surface area contributed by atoms with Gasteiger partial charge >= 0.3 is 0 Å². The first-order valence-electron chi connectivity index (χ1n) is 10.0. The van der Waals surface area contributed by atoms with Gasteiger partial charge < -0.3 is 14.4 Å². The molecule has 1 fully saturated rings. The number of allylic oxidation sites excluding steroid dienone is 1. The number of methoxy groups -OCH3 is 1. The van der Waals surface area contributed by atoms with Crippen molar-refractivity contribution in [2.75, 3.05) is 39.9 Å². The molecule has 0 radical (unpaired) electrons. The van der Waals surface area contributed by atoms with Gasteiger partial charge in [-0.1, -0.05) is 18.2 Å². The highest BCUT2D eigenvalue weighted by molar-refractivity contribution is 7.89. The van der Waals surface area contributed by atoms with Crippen LogP contribution >= 0.6 is 11.3 Å². The Hall–Kier alpha value is -2.36. The molecule has 0 unspecified atom stereocenters. The summed E-state index contributed by atoms with van der Waals surface area (Å²) in [6.07, 6.45) is 3.88. The molecule has 0 aliphatic carbocycles. The highest BCUT2D eigenvalue weighted by Crippen LogP contribution is 2.29. The van der Waals surface area contributed by atoms with Crippen LogP contribution in [-0.4, -0.2) is 63.4 Å². The van der Waals surface area contributed by atoms with Crippen molar-refractivity contribution >= 4 is 33.3 Å². The standard InChI is InChI=1S/C22H28N2O5S2/c1-5-6-18-7-8-19(20(14-18)28-4)29-15-22(25)23-9-11-24(12-10-23)31(26,27)21-13-16(2)30-17(21)3/h5-8,13-14H,9-12,15H2,1-4H3/b6-5+. The largest absolute Gasteiger partial charge is 0.493 e. The maximum Gasteiger partial charge on any atom is 0.260 e. The molecule has 7 nitrogen and oxygen atoms in total. The molecule has 0 bridgehead atoms. The molecule has 2 aromatic rings. The van der Waals surface area contributed by atoms with Gasteiger partial charge in [0.1, 0.15) is 0 Å². The molecule has 3 rings (SSSR count). The SMILES string of the molecule is C/C=C/c1ccc(OCC(=O)N2CCN(S(=O)(=O)c3cc(C)sc3C)CC2)c(OC)c1. The van der Waals surface area contributed by atoms with Gasteiger partial charge in [0.2, 0.25) is 10.0 Å². The molecule has 31 heavy (non-hydrogen) atoms. The molecule has 9 heteroatoms. The van der Waals surface area contributed by atoms with Crippen LogP contribution in [0, 0.1) is 13.8 Å². The van der Waals surface area contributed by atoms with Gasteiger partial charge in [-0.15, -0.1) is 11.3 Å². The van der Waals surface area contributed by atoms with Crippen LogP contribution in [0.4, 0.5) is 0 Å². The number of hydrogen-bond acceptors (Lipinski definition) is 6. The average molecular weight is 465 g/mol. The lowest BCUT2D eigenvalue weighted by molar-refractivity contribution is -0.134. The lowest BCUT2D eigenvalue weighted by Crippen LogP contribution is -2.51. The van der Waals surface area contributed by atoms with Crippen LogP contribution in [0.1, 0.15) is 22.2 Å². The van der Waals surface area contributed by atoms with Crippen molar-refractivity contribution in [3.63, 3.8) is 0 Å². The summed E-state index contributed by atoms with van der Waals surface area (Å²) < 4.78 is 38.4. The zero-order chi connectivity index (χ0) is 22.6. The van der Waals surface area contributed by atoms with E-state index in [0.717, 1.165) is 15.3 Å². The molecule has 1 aliphatic heterocycles. The van der Waals surface area contributed by atoms with E-state index < -0.39 is 10.0 Å². The van der Waals surface area contributed by atoms with Gasteiger partial charge in [0.25, 0.3) is 5.91 Å². The smallest absolute Gasteiger partial charge is 0.260 e. The Morgan fingerprint density at radius 3 is 2.42 bits per heavy atom. The number of carbonyl (C=O) groups excluding carboxylic acids is 1. The fourth-order valence-corrected chi connectivity index (χ4v) is 6.46. The summed E-state index contributed by atoms with van der Waals surface area (Å²) in [5, 5.41) is 0. The first-order chi connectivity index (χ1) is 14.8. The molecule has 1 aromatic heterocycles. The second kappa shape index (κ2) is 9.84. The number of thiophene rings is 1. The molecule has 168 valence electrons. The van der Waals surface area contributed by atoms with Crippen LogP contribution in [-0.2, 0) is 14.8 Å². The van der Waals surface area contributed by atoms with Gasteiger partial charge in [-0.3, -0.25) is 4.79 Å². The molecule has 1 aromatic carbocycles. The summed E-state index contributed by atoms with van der Waals surface area (Å²) in [5.74, 6) is 0.869. The number of piperazine rings is 1. The van der Waals surface area contributed by atoms with Gasteiger partial charge in [0.05, 0.1) is 12.0 Å². The zero-order valence-electron chi connectivity index (χ0n) is 18.3. The third-order valence-corrected chi connectivity index (χ3v) is 8.22. The fourth-order valence-electron chi connectivity index (χ4n) is 3.51. The van der Waals surface area contributed by atoms with Crippen LogP contribution in [0.2, 0.25) is 0 Å². The lowest BCUT2D eigenvalue weighted by Gasteiger charge is -2.34. The minimum absolute atomic E-state index is 0.130. The van der Waals surface area contributed by atoms with E-state index in [-0.39, 0.29) is 25.6 Å². The summed E-state index contributed by atoms with van der Waals surface area (Å²) in [5.41, 5.74) is 0.978. The van der Waals surface area contributed by atoms with E-state index in [1.165, 1.54) is 15.6 Å². The fraction of sp³-hybridized carbons (Fsp3) is 0.409. The van der Waals surface area contributed by atoms with Gasteiger partial charge in [0.15, 0.2) is 18.1 Å². The summed E-state index contributed by atoms with van der Waals surface area (Å²) in [7, 11) is -1.99. The Kier molecular flexibility index (Phi) is 7.40. The summed E-state index contributed by atoms with van der Waals surface area (Å²) in [4.78, 5) is 16.4. The van der Waals surface area contributed by atoms with E-state index >= 15 is 0 Å². The molecule has 0 saturated carbocycles. The van der Waals surface area contributed by atoms with E-state index in [1.807, 2.05) is 45.1 Å². The Morgan fingerprint density at radius 2 is 1.84 bits per heavy atom. The highest BCUT2D eigenvalue weighted by atomic mass is 32.2. The first-order valence-corrected chi connectivity index (χ1v) is 12.3. The molecule has 0 atom stereocenters. The molecule has 1 aliphatic rings. The molecule has 0 N–H and O–H groups in total. The molecule has 2 heterocycles. The van der Waals surface area contributed by atoms with Crippen molar-refractivity contribution in [1.29, 1.82) is 0 Å². The number of carbonyl (C=O) groups is 1. The van der Waals surface area contributed by atoms with Crippen molar-refractivity contribution in [2.24, 2.45) is 0 Å². The number of sulfonamides is 1. The van der Waals surface area contributed by atoms with Crippen molar-refractivity contribution in [2.45, 2.75) is 25.7 Å². The van der Waals surface area contributed by atoms with E-state index in [1.54, 1.807) is 24.1 Å². The molecular weight excluding hydrogens is 436 g/mol. The van der Waals surface area contributed by atoms with Gasteiger partial charge in [-0.2, -0.15) is 4.31 Å². The predicted octanol–water partition coefficient (Wildman–Crippen LogP) is 3.32. The lowest BCUT2D eigenvalue weighted by atomic mass is 10.2. The number of benzene rings is 1. The van der Waals surface area contributed by atoms with E-state index in [0.29, 0.717) is 29.5 Å². The van der Waals surface area contributed by atoms with Crippen LogP contribution in [0.3, 0.4) is 0 Å². The van der Waals surface area contributed by atoms with Crippen molar-refractivity contribution < 1.29 is 22.7 Å². The minimum Gasteiger partial charge on any atom is -0.493 e. The minimum atomic E-state index is -3.54. The topological polar surface area (TPSA) is 76.2 Å². The van der Waals surface area contributed by atoms with Crippen molar-refractivity contribution in [1.82, 2.24) is 9.21 Å². The number of aryl methyl sites for hydroxylation is 2. The monoisotopic (exact) mass is 464 g/mol. The highest BCUT2D eigenvalue weighted by Gasteiger charge is 2.32. The Balaban J connectivity index is 1.58. The van der Waals surface area contributed by atoms with Crippen LogP contribution in [0.15, 0.2) is 35.2 Å². The maximum atomic E-state index is 12.9. The average Bonchev–Trinajstić information content (AvgIpc) is 3.11. The third kappa shape index (κ3) is 5.28. The zero-order valence-corrected chi connectivity index (χ0v) is 19.9. The normalized spacial score (nSPS) is 15.4. The second-order valence-electron chi connectivity index (χ2n) is 7.26. The van der Waals surface area contributed by atoms with Crippen LogP contribution < -0.4 is 9.47 Å². The molecule has 0 spiro atoms. The predicted molar refractivity (Wildman–Crippen MR) is 122 cm³/mol. The van der Waals surface area contributed by atoms with Crippen LogP contribution in [0.5, 0.6) is 11.5 Å². The molecule has 1 saturated heterocycles. The molecule has 1 amide bonds. The number of nitrogens with zero attached hydrogens (tertiary/aromatic N) is 2. The van der Waals surface area contributed by atoms with E-state index in [9.17, 15) is 13.2 Å².